The molecule has 24 heavy (non-hydrogen) atoms. The first kappa shape index (κ1) is 17.0. The molecule has 1 aromatic carbocycles. The molecule has 0 saturated heterocycles. The molecule has 1 N–H and O–H groups in total. The van der Waals surface area contributed by atoms with Gasteiger partial charge in [0, 0.05) is 12.5 Å². The molecule has 0 amide bonds. The van der Waals surface area contributed by atoms with Gasteiger partial charge in [0.1, 0.15) is 0 Å². The fourth-order valence-electron chi connectivity index (χ4n) is 3.27. The van der Waals surface area contributed by atoms with E-state index in [-0.39, 0.29) is 12.0 Å². The van der Waals surface area contributed by atoms with Gasteiger partial charge in [0.25, 0.3) is 0 Å². The number of alkyl halides is 3. The molecule has 3 rings (SSSR count). The summed E-state index contributed by atoms with van der Waals surface area (Å²) >= 11 is 0. The Morgan fingerprint density at radius 2 is 2.00 bits per heavy atom. The zero-order valence-electron chi connectivity index (χ0n) is 13.4. The zero-order valence-corrected chi connectivity index (χ0v) is 13.4. The molecular weight excluding hydrogens is 319 g/mol. The molecule has 0 bridgehead atoms. The number of halogens is 3. The van der Waals surface area contributed by atoms with Gasteiger partial charge in [-0.25, -0.2) is 0 Å². The van der Waals surface area contributed by atoms with Gasteiger partial charge in [-0.2, -0.15) is 13.2 Å². The molecule has 1 heterocycles. The van der Waals surface area contributed by atoms with Crippen LogP contribution in [-0.4, -0.2) is 16.2 Å². The Morgan fingerprint density at radius 1 is 1.21 bits per heavy atom. The van der Waals surface area contributed by atoms with E-state index in [2.05, 4.69) is 15.5 Å². The highest BCUT2D eigenvalue weighted by Crippen LogP contribution is 2.37. The van der Waals surface area contributed by atoms with Crippen LogP contribution in [0.1, 0.15) is 55.0 Å². The van der Waals surface area contributed by atoms with Crippen LogP contribution in [0.2, 0.25) is 0 Å². The second-order valence-corrected chi connectivity index (χ2v) is 6.09. The lowest BCUT2D eigenvalue weighted by molar-refractivity contribution is -0.137. The maximum absolute atomic E-state index is 12.9. The van der Waals surface area contributed by atoms with Crippen LogP contribution < -0.4 is 5.32 Å². The molecule has 1 saturated carbocycles. The van der Waals surface area contributed by atoms with Gasteiger partial charge < -0.3 is 9.73 Å². The number of benzene rings is 1. The number of aryl methyl sites for hydroxylation is 1. The summed E-state index contributed by atoms with van der Waals surface area (Å²) in [4.78, 5) is 0. The minimum Gasteiger partial charge on any atom is -0.424 e. The van der Waals surface area contributed by atoms with Gasteiger partial charge in [-0.05, 0) is 30.4 Å². The highest BCUT2D eigenvalue weighted by atomic mass is 19.4. The summed E-state index contributed by atoms with van der Waals surface area (Å²) in [6.07, 6.45) is -0.831. The lowest BCUT2D eigenvalue weighted by atomic mass is 9.92. The molecule has 2 atom stereocenters. The van der Waals surface area contributed by atoms with Crippen LogP contribution in [-0.2, 0) is 19.1 Å². The Balaban J connectivity index is 1.69. The largest absolute Gasteiger partial charge is 0.424 e. The molecule has 130 valence electrons. The van der Waals surface area contributed by atoms with E-state index in [4.69, 9.17) is 4.42 Å². The number of rotatable bonds is 5. The van der Waals surface area contributed by atoms with Crippen molar-refractivity contribution in [1.29, 1.82) is 0 Å². The second-order valence-electron chi connectivity index (χ2n) is 6.09. The van der Waals surface area contributed by atoms with Crippen LogP contribution in [0.4, 0.5) is 13.2 Å². The third kappa shape index (κ3) is 3.77. The smallest absolute Gasteiger partial charge is 0.416 e. The SMILES string of the molecule is CCc1nnc(CN[C@@H]2CCC[C@H]2c2cccc(C(F)(F)F)c2)o1. The van der Waals surface area contributed by atoms with Gasteiger partial charge in [0.15, 0.2) is 0 Å². The number of nitrogens with one attached hydrogen (secondary N) is 1. The topological polar surface area (TPSA) is 51.0 Å². The van der Waals surface area contributed by atoms with Crippen molar-refractivity contribution >= 4 is 0 Å². The third-order valence-electron chi connectivity index (χ3n) is 4.48. The van der Waals surface area contributed by atoms with Crippen molar-refractivity contribution in [3.05, 3.63) is 47.2 Å². The number of aromatic nitrogens is 2. The minimum atomic E-state index is -4.31. The highest BCUT2D eigenvalue weighted by molar-refractivity contribution is 5.30. The van der Waals surface area contributed by atoms with Gasteiger partial charge in [-0.15, -0.1) is 10.2 Å². The summed E-state index contributed by atoms with van der Waals surface area (Å²) in [6, 6.07) is 5.77. The summed E-state index contributed by atoms with van der Waals surface area (Å²) in [5, 5.41) is 11.2. The van der Waals surface area contributed by atoms with Gasteiger partial charge in [-0.3, -0.25) is 0 Å². The molecule has 0 unspecified atom stereocenters. The van der Waals surface area contributed by atoms with E-state index in [0.717, 1.165) is 30.9 Å². The number of hydrogen-bond donors (Lipinski definition) is 1. The molecule has 2 aromatic rings. The van der Waals surface area contributed by atoms with Crippen molar-refractivity contribution in [2.45, 2.75) is 57.3 Å². The van der Waals surface area contributed by atoms with Crippen LogP contribution in [0.15, 0.2) is 28.7 Å². The average Bonchev–Trinajstić information content (AvgIpc) is 3.21. The lowest BCUT2D eigenvalue weighted by Crippen LogP contribution is -2.31. The van der Waals surface area contributed by atoms with Crippen molar-refractivity contribution in [3.63, 3.8) is 0 Å². The first-order chi connectivity index (χ1) is 11.5. The fourth-order valence-corrected chi connectivity index (χ4v) is 3.27. The third-order valence-corrected chi connectivity index (χ3v) is 4.48. The Kier molecular flexibility index (Phi) is 4.89. The quantitative estimate of drug-likeness (QED) is 0.892. The maximum Gasteiger partial charge on any atom is 0.416 e. The lowest BCUT2D eigenvalue weighted by Gasteiger charge is -2.21. The van der Waals surface area contributed by atoms with Crippen molar-refractivity contribution < 1.29 is 17.6 Å². The van der Waals surface area contributed by atoms with Crippen molar-refractivity contribution in [2.75, 3.05) is 0 Å². The normalized spacial score (nSPS) is 21.3. The summed E-state index contributed by atoms with van der Waals surface area (Å²) in [5.74, 6) is 1.18. The second kappa shape index (κ2) is 6.93. The van der Waals surface area contributed by atoms with E-state index in [0.29, 0.717) is 24.7 Å². The molecule has 7 heteroatoms. The zero-order chi connectivity index (χ0) is 17.2. The standard InChI is InChI=1S/C17H20F3N3O/c1-2-15-22-23-16(24-15)10-21-14-8-4-7-13(14)11-5-3-6-12(9-11)17(18,19)20/h3,5-6,9,13-14,21H,2,4,7-8,10H2,1H3/t13-,14+/m0/s1. The van der Waals surface area contributed by atoms with Crippen LogP contribution in [0.5, 0.6) is 0 Å². The summed E-state index contributed by atoms with van der Waals surface area (Å²) in [7, 11) is 0. The minimum absolute atomic E-state index is 0.0702. The molecule has 4 nitrogen and oxygen atoms in total. The molecule has 1 fully saturated rings. The first-order valence-corrected chi connectivity index (χ1v) is 8.19. The molecule has 1 aromatic heterocycles. The van der Waals surface area contributed by atoms with Crippen LogP contribution >= 0.6 is 0 Å². The molecule has 1 aliphatic rings. The van der Waals surface area contributed by atoms with E-state index < -0.39 is 11.7 Å². The van der Waals surface area contributed by atoms with Gasteiger partial charge >= 0.3 is 6.18 Å². The fraction of sp³-hybridized carbons (Fsp3) is 0.529. The monoisotopic (exact) mass is 339 g/mol. The maximum atomic E-state index is 12.9. The summed E-state index contributed by atoms with van der Waals surface area (Å²) in [5.41, 5.74) is 0.148. The van der Waals surface area contributed by atoms with Crippen molar-refractivity contribution in [3.8, 4) is 0 Å². The Labute approximate surface area is 138 Å². The van der Waals surface area contributed by atoms with Gasteiger partial charge in [-0.1, -0.05) is 31.5 Å². The molecule has 0 spiro atoms. The molecule has 1 aliphatic carbocycles. The van der Waals surface area contributed by atoms with E-state index in [9.17, 15) is 13.2 Å². The molecule has 0 radical (unpaired) electrons. The molecular formula is C17H20F3N3O. The summed E-state index contributed by atoms with van der Waals surface area (Å²) in [6.45, 7) is 2.37. The first-order valence-electron chi connectivity index (χ1n) is 8.19. The predicted molar refractivity (Wildman–Crippen MR) is 82.3 cm³/mol. The Morgan fingerprint density at radius 3 is 2.71 bits per heavy atom. The Bertz CT molecular complexity index is 684. The Hall–Kier alpha value is -1.89. The van der Waals surface area contributed by atoms with Crippen LogP contribution in [0.25, 0.3) is 0 Å². The average molecular weight is 339 g/mol. The van der Waals surface area contributed by atoms with E-state index in [1.807, 2.05) is 6.92 Å². The number of nitrogens with zero attached hydrogens (tertiary/aromatic N) is 2. The van der Waals surface area contributed by atoms with E-state index >= 15 is 0 Å². The van der Waals surface area contributed by atoms with Gasteiger partial charge in [0.2, 0.25) is 11.8 Å². The van der Waals surface area contributed by atoms with E-state index in [1.165, 1.54) is 12.1 Å². The summed E-state index contributed by atoms with van der Waals surface area (Å²) < 4.78 is 44.2. The van der Waals surface area contributed by atoms with Crippen molar-refractivity contribution in [1.82, 2.24) is 15.5 Å². The van der Waals surface area contributed by atoms with Crippen molar-refractivity contribution in [2.24, 2.45) is 0 Å². The van der Waals surface area contributed by atoms with Gasteiger partial charge in [0.05, 0.1) is 12.1 Å². The molecule has 0 aliphatic heterocycles. The number of hydrogen-bond acceptors (Lipinski definition) is 4. The predicted octanol–water partition coefficient (Wildman–Crippen LogP) is 4.08. The highest BCUT2D eigenvalue weighted by Gasteiger charge is 2.33. The van der Waals surface area contributed by atoms with E-state index in [1.54, 1.807) is 6.07 Å². The van der Waals surface area contributed by atoms with Crippen LogP contribution in [0, 0.1) is 0 Å². The van der Waals surface area contributed by atoms with Crippen LogP contribution in [0.3, 0.4) is 0 Å².